The summed E-state index contributed by atoms with van der Waals surface area (Å²) >= 11 is 13.2. The van der Waals surface area contributed by atoms with Gasteiger partial charge in [0.05, 0.1) is 0 Å². The number of hydrogen-bond donors (Lipinski definition) is 1. The summed E-state index contributed by atoms with van der Waals surface area (Å²) in [5, 5.41) is 0.956. The first-order chi connectivity index (χ1) is 9.29. The molecule has 0 fully saturated rings. The normalized spacial score (nSPS) is 13.4. The highest BCUT2D eigenvalue weighted by atomic mass is 35.5. The second-order valence-electron chi connectivity index (χ2n) is 4.37. The Bertz CT molecular complexity index is 726. The topological polar surface area (TPSA) is 46.2 Å². The average Bonchev–Trinajstić information content (AvgIpc) is 2.75. The summed E-state index contributed by atoms with van der Waals surface area (Å²) in [4.78, 5) is 0.947. The highest BCUT2D eigenvalue weighted by Gasteiger charge is 2.21. The molecule has 0 spiro atoms. The second-order valence-corrected chi connectivity index (χ2v) is 8.45. The maximum absolute atomic E-state index is 12.2. The second kappa shape index (κ2) is 6.03. The lowest BCUT2D eigenvalue weighted by Gasteiger charge is -2.15. The van der Waals surface area contributed by atoms with Gasteiger partial charge in [0.25, 0.3) is 10.0 Å². The van der Waals surface area contributed by atoms with Crippen LogP contribution in [0.4, 0.5) is 0 Å². The van der Waals surface area contributed by atoms with Crippen LogP contribution >= 0.6 is 34.5 Å². The molecule has 108 valence electrons. The van der Waals surface area contributed by atoms with Crippen molar-refractivity contribution in [3.63, 3.8) is 0 Å². The molecular formula is C13H13Cl2NO2S2. The average molecular weight is 350 g/mol. The van der Waals surface area contributed by atoms with E-state index in [2.05, 4.69) is 4.72 Å². The fourth-order valence-electron chi connectivity index (χ4n) is 1.76. The molecule has 1 aromatic heterocycles. The van der Waals surface area contributed by atoms with Crippen molar-refractivity contribution >= 4 is 44.6 Å². The van der Waals surface area contributed by atoms with E-state index in [0.29, 0.717) is 19.8 Å². The van der Waals surface area contributed by atoms with Gasteiger partial charge >= 0.3 is 0 Å². The highest BCUT2D eigenvalue weighted by molar-refractivity contribution is 7.91. The van der Waals surface area contributed by atoms with Crippen molar-refractivity contribution < 1.29 is 8.42 Å². The fourth-order valence-corrected chi connectivity index (χ4v) is 4.86. The van der Waals surface area contributed by atoms with Crippen LogP contribution in [0.1, 0.15) is 23.4 Å². The summed E-state index contributed by atoms with van der Waals surface area (Å²) < 4.78 is 27.4. The minimum Gasteiger partial charge on any atom is -0.206 e. The third-order valence-corrected chi connectivity index (χ3v) is 6.34. The lowest BCUT2D eigenvalue weighted by atomic mass is 10.1. The highest BCUT2D eigenvalue weighted by Crippen LogP contribution is 2.28. The van der Waals surface area contributed by atoms with Crippen molar-refractivity contribution in [1.29, 1.82) is 0 Å². The Morgan fingerprint density at radius 1 is 1.20 bits per heavy atom. The molecule has 0 aliphatic rings. The maximum atomic E-state index is 12.2. The molecule has 0 bridgehead atoms. The molecule has 1 atom stereocenters. The van der Waals surface area contributed by atoms with Gasteiger partial charge in [-0.2, -0.15) is 0 Å². The quantitative estimate of drug-likeness (QED) is 0.888. The number of halogens is 2. The third kappa shape index (κ3) is 3.54. The predicted octanol–water partition coefficient (Wildman–Crippen LogP) is 4.40. The van der Waals surface area contributed by atoms with E-state index in [-0.39, 0.29) is 0 Å². The molecule has 3 nitrogen and oxygen atoms in total. The summed E-state index contributed by atoms with van der Waals surface area (Å²) in [6, 6.07) is 7.93. The molecule has 1 aromatic carbocycles. The summed E-state index contributed by atoms with van der Waals surface area (Å²) in [5.74, 6) is 0. The zero-order valence-electron chi connectivity index (χ0n) is 10.9. The van der Waals surface area contributed by atoms with E-state index >= 15 is 0 Å². The van der Waals surface area contributed by atoms with Crippen LogP contribution in [0, 0.1) is 6.92 Å². The summed E-state index contributed by atoms with van der Waals surface area (Å²) in [5.41, 5.74) is 0.688. The number of benzene rings is 1. The first-order valence-corrected chi connectivity index (χ1v) is 8.89. The van der Waals surface area contributed by atoms with Crippen LogP contribution in [-0.4, -0.2) is 8.42 Å². The van der Waals surface area contributed by atoms with Crippen LogP contribution in [-0.2, 0) is 10.0 Å². The summed E-state index contributed by atoms with van der Waals surface area (Å²) in [7, 11) is -3.54. The van der Waals surface area contributed by atoms with E-state index in [1.807, 2.05) is 6.92 Å². The van der Waals surface area contributed by atoms with Crippen molar-refractivity contribution in [1.82, 2.24) is 4.72 Å². The Morgan fingerprint density at radius 3 is 2.45 bits per heavy atom. The number of rotatable bonds is 4. The van der Waals surface area contributed by atoms with Crippen LogP contribution in [0.3, 0.4) is 0 Å². The van der Waals surface area contributed by atoms with Gasteiger partial charge in [-0.05, 0) is 43.7 Å². The van der Waals surface area contributed by atoms with Gasteiger partial charge in [0.2, 0.25) is 0 Å². The molecule has 0 saturated heterocycles. The standard InChI is InChI=1S/C13H13Cl2NO2S2/c1-8-3-6-13(19-8)20(17,18)16-9(2)11-5-4-10(14)7-12(11)15/h3-7,9,16H,1-2H3/t9-/m0/s1. The first kappa shape index (κ1) is 15.8. The molecule has 0 radical (unpaired) electrons. The number of thiophene rings is 1. The molecule has 2 rings (SSSR count). The molecule has 7 heteroatoms. The third-order valence-electron chi connectivity index (χ3n) is 2.74. The Morgan fingerprint density at radius 2 is 1.90 bits per heavy atom. The van der Waals surface area contributed by atoms with E-state index in [4.69, 9.17) is 23.2 Å². The van der Waals surface area contributed by atoms with Gasteiger partial charge in [-0.3, -0.25) is 0 Å². The Balaban J connectivity index is 2.25. The van der Waals surface area contributed by atoms with E-state index in [1.165, 1.54) is 11.3 Å². The van der Waals surface area contributed by atoms with Gasteiger partial charge in [-0.25, -0.2) is 13.1 Å². The molecule has 0 aliphatic carbocycles. The number of hydrogen-bond acceptors (Lipinski definition) is 3. The minimum atomic E-state index is -3.54. The van der Waals surface area contributed by atoms with Crippen molar-refractivity contribution in [2.75, 3.05) is 0 Å². The van der Waals surface area contributed by atoms with Gasteiger partial charge < -0.3 is 0 Å². The Hall–Kier alpha value is -0.590. The van der Waals surface area contributed by atoms with Crippen LogP contribution in [0.15, 0.2) is 34.5 Å². The maximum Gasteiger partial charge on any atom is 0.250 e. The lowest BCUT2D eigenvalue weighted by Crippen LogP contribution is -2.26. The van der Waals surface area contributed by atoms with Crippen molar-refractivity contribution in [3.05, 3.63) is 50.8 Å². The molecule has 0 unspecified atom stereocenters. The Labute approximate surface area is 132 Å². The van der Waals surface area contributed by atoms with Crippen LogP contribution in [0.25, 0.3) is 0 Å². The molecule has 20 heavy (non-hydrogen) atoms. The molecule has 2 aromatic rings. The SMILES string of the molecule is Cc1ccc(S(=O)(=O)N[C@@H](C)c2ccc(Cl)cc2Cl)s1. The minimum absolute atomic E-state index is 0.298. The van der Waals surface area contributed by atoms with Crippen LogP contribution in [0.2, 0.25) is 10.0 Å². The first-order valence-electron chi connectivity index (χ1n) is 5.83. The van der Waals surface area contributed by atoms with Gasteiger partial charge in [0, 0.05) is 21.0 Å². The zero-order chi connectivity index (χ0) is 14.9. The van der Waals surface area contributed by atoms with Gasteiger partial charge in [-0.15, -0.1) is 11.3 Å². The smallest absolute Gasteiger partial charge is 0.206 e. The van der Waals surface area contributed by atoms with Gasteiger partial charge in [-0.1, -0.05) is 29.3 Å². The van der Waals surface area contributed by atoms with Crippen LogP contribution < -0.4 is 4.72 Å². The number of nitrogens with one attached hydrogen (secondary N) is 1. The predicted molar refractivity (Wildman–Crippen MR) is 84.3 cm³/mol. The molecule has 1 heterocycles. The summed E-state index contributed by atoms with van der Waals surface area (Å²) in [6.07, 6.45) is 0. The lowest BCUT2D eigenvalue weighted by molar-refractivity contribution is 0.569. The molecular weight excluding hydrogens is 337 g/mol. The van der Waals surface area contributed by atoms with E-state index < -0.39 is 16.1 Å². The largest absolute Gasteiger partial charge is 0.250 e. The van der Waals surface area contributed by atoms with Crippen molar-refractivity contribution in [2.45, 2.75) is 24.1 Å². The van der Waals surface area contributed by atoms with Crippen LogP contribution in [0.5, 0.6) is 0 Å². The van der Waals surface area contributed by atoms with Gasteiger partial charge in [0.15, 0.2) is 0 Å². The zero-order valence-corrected chi connectivity index (χ0v) is 14.0. The fraction of sp³-hybridized carbons (Fsp3) is 0.231. The Kier molecular flexibility index (Phi) is 4.76. The number of sulfonamides is 1. The molecule has 1 N–H and O–H groups in total. The van der Waals surface area contributed by atoms with E-state index in [0.717, 1.165) is 4.88 Å². The van der Waals surface area contributed by atoms with Crippen molar-refractivity contribution in [2.24, 2.45) is 0 Å². The molecule has 0 amide bonds. The monoisotopic (exact) mass is 349 g/mol. The van der Waals surface area contributed by atoms with Gasteiger partial charge in [0.1, 0.15) is 4.21 Å². The molecule has 0 aliphatic heterocycles. The number of aryl methyl sites for hydroxylation is 1. The molecule has 0 saturated carbocycles. The van der Waals surface area contributed by atoms with Crippen molar-refractivity contribution in [3.8, 4) is 0 Å². The summed E-state index contributed by atoms with van der Waals surface area (Å²) in [6.45, 7) is 3.61. The van der Waals surface area contributed by atoms with E-state index in [9.17, 15) is 8.42 Å². The van der Waals surface area contributed by atoms with E-state index in [1.54, 1.807) is 37.3 Å².